The molecule has 0 atom stereocenters. The fourth-order valence-electron chi connectivity index (χ4n) is 3.36. The minimum Gasteiger partial charge on any atom is -0.376 e. The predicted octanol–water partition coefficient (Wildman–Crippen LogP) is 5.33. The van der Waals surface area contributed by atoms with E-state index >= 15 is 0 Å². The number of hydrogen-bond acceptors (Lipinski definition) is 4. The van der Waals surface area contributed by atoms with E-state index in [9.17, 15) is 18.0 Å². The molecule has 0 saturated carbocycles. The van der Waals surface area contributed by atoms with E-state index in [1.54, 1.807) is 17.0 Å². The van der Waals surface area contributed by atoms with Gasteiger partial charge in [0.05, 0.1) is 21.3 Å². The number of benzene rings is 1. The van der Waals surface area contributed by atoms with Crippen molar-refractivity contribution in [2.24, 2.45) is 5.92 Å². The third kappa shape index (κ3) is 5.10. The number of aromatic nitrogens is 1. The Hall–Kier alpha value is -2.19. The second-order valence-corrected chi connectivity index (χ2v) is 8.15. The van der Waals surface area contributed by atoms with Crippen LogP contribution in [-0.4, -0.2) is 38.1 Å². The highest BCUT2D eigenvalue weighted by atomic mass is 35.5. The summed E-state index contributed by atoms with van der Waals surface area (Å²) in [5, 5.41) is 3.37. The summed E-state index contributed by atoms with van der Waals surface area (Å²) in [5.41, 5.74) is 0.582. The molecule has 1 aromatic heterocycles. The van der Waals surface area contributed by atoms with Gasteiger partial charge in [0.2, 0.25) is 5.91 Å². The highest BCUT2D eigenvalue weighted by molar-refractivity contribution is 6.33. The highest BCUT2D eigenvalue weighted by Crippen LogP contribution is 2.35. The zero-order valence-corrected chi connectivity index (χ0v) is 17.9. The maximum absolute atomic E-state index is 12.8. The molecule has 0 spiro atoms. The van der Waals surface area contributed by atoms with Gasteiger partial charge in [-0.05, 0) is 37.1 Å². The Morgan fingerprint density at radius 2 is 1.83 bits per heavy atom. The Morgan fingerprint density at radius 1 is 1.17 bits per heavy atom. The third-order valence-corrected chi connectivity index (χ3v) is 5.59. The molecule has 1 amide bonds. The number of piperidine rings is 1. The van der Waals surface area contributed by atoms with Crippen molar-refractivity contribution in [2.75, 3.05) is 42.3 Å². The third-order valence-electron chi connectivity index (χ3n) is 5.01. The number of carbonyl (C=O) groups excluding carboxylic acids is 1. The van der Waals surface area contributed by atoms with E-state index in [4.69, 9.17) is 23.2 Å². The Bertz CT molecular complexity index is 929. The molecule has 0 radical (unpaired) electrons. The number of pyridine rings is 1. The molecule has 0 aliphatic carbocycles. The number of halogens is 5. The molecule has 30 heavy (non-hydrogen) atoms. The van der Waals surface area contributed by atoms with Gasteiger partial charge in [0.1, 0.15) is 5.82 Å². The van der Waals surface area contributed by atoms with E-state index in [2.05, 4.69) is 10.3 Å². The fraction of sp³-hybridized carbons (Fsp3) is 0.400. The van der Waals surface area contributed by atoms with Crippen molar-refractivity contribution in [2.45, 2.75) is 19.0 Å². The van der Waals surface area contributed by atoms with Gasteiger partial charge in [0, 0.05) is 45.0 Å². The van der Waals surface area contributed by atoms with E-state index in [0.717, 1.165) is 18.0 Å². The summed E-state index contributed by atoms with van der Waals surface area (Å²) < 4.78 is 38.3. The number of amides is 1. The van der Waals surface area contributed by atoms with Crippen molar-refractivity contribution in [1.29, 1.82) is 0 Å². The first-order valence-electron chi connectivity index (χ1n) is 9.31. The normalized spacial score (nSPS) is 15.2. The molecular formula is C20H21Cl2F3N4O. The maximum atomic E-state index is 12.8. The topological polar surface area (TPSA) is 48.5 Å². The minimum absolute atomic E-state index is 0.0525. The first-order valence-corrected chi connectivity index (χ1v) is 10.1. The van der Waals surface area contributed by atoms with Gasteiger partial charge in [-0.1, -0.05) is 23.2 Å². The van der Waals surface area contributed by atoms with Crippen LogP contribution in [0.25, 0.3) is 0 Å². The van der Waals surface area contributed by atoms with Gasteiger partial charge in [-0.15, -0.1) is 0 Å². The first-order chi connectivity index (χ1) is 14.1. The number of anilines is 3. The lowest BCUT2D eigenvalue weighted by molar-refractivity contribution is -0.137. The molecule has 1 aromatic carbocycles. The molecule has 2 heterocycles. The molecule has 5 nitrogen and oxygen atoms in total. The van der Waals surface area contributed by atoms with Crippen molar-refractivity contribution in [3.8, 4) is 0 Å². The van der Waals surface area contributed by atoms with E-state index < -0.39 is 11.7 Å². The van der Waals surface area contributed by atoms with Gasteiger partial charge in [-0.3, -0.25) is 4.79 Å². The molecule has 1 aliphatic rings. The zero-order valence-electron chi connectivity index (χ0n) is 16.4. The van der Waals surface area contributed by atoms with E-state index in [-0.39, 0.29) is 16.8 Å². The number of rotatable bonds is 4. The molecule has 3 rings (SSSR count). The van der Waals surface area contributed by atoms with Gasteiger partial charge < -0.3 is 15.1 Å². The van der Waals surface area contributed by atoms with Crippen LogP contribution in [0.3, 0.4) is 0 Å². The molecule has 1 saturated heterocycles. The van der Waals surface area contributed by atoms with E-state index in [1.807, 2.05) is 25.1 Å². The van der Waals surface area contributed by atoms with Crippen LogP contribution < -0.4 is 15.1 Å². The second kappa shape index (κ2) is 8.89. The van der Waals surface area contributed by atoms with Gasteiger partial charge in [0.15, 0.2) is 0 Å². The van der Waals surface area contributed by atoms with Gasteiger partial charge in [-0.2, -0.15) is 13.2 Å². The molecule has 10 heteroatoms. The molecule has 1 fully saturated rings. The average molecular weight is 461 g/mol. The van der Waals surface area contributed by atoms with Gasteiger partial charge in [-0.25, -0.2) is 4.98 Å². The molecular weight excluding hydrogens is 440 g/mol. The van der Waals surface area contributed by atoms with E-state index in [1.165, 1.54) is 0 Å². The van der Waals surface area contributed by atoms with Crippen molar-refractivity contribution < 1.29 is 18.0 Å². The predicted molar refractivity (Wildman–Crippen MR) is 114 cm³/mol. The van der Waals surface area contributed by atoms with Crippen molar-refractivity contribution in [3.05, 3.63) is 46.1 Å². The monoisotopic (exact) mass is 460 g/mol. The van der Waals surface area contributed by atoms with Crippen LogP contribution in [-0.2, 0) is 11.0 Å². The maximum Gasteiger partial charge on any atom is 0.417 e. The second-order valence-electron chi connectivity index (χ2n) is 7.34. The minimum atomic E-state index is -4.49. The van der Waals surface area contributed by atoms with Gasteiger partial charge >= 0.3 is 6.18 Å². The Morgan fingerprint density at radius 3 is 2.37 bits per heavy atom. The summed E-state index contributed by atoms with van der Waals surface area (Å²) in [6.07, 6.45) is -2.64. The van der Waals surface area contributed by atoms with Crippen molar-refractivity contribution >= 4 is 46.3 Å². The summed E-state index contributed by atoms with van der Waals surface area (Å²) in [5.74, 6) is -0.0360. The smallest absolute Gasteiger partial charge is 0.376 e. The van der Waals surface area contributed by atoms with Crippen LogP contribution in [0, 0.1) is 5.92 Å². The van der Waals surface area contributed by atoms with Crippen LogP contribution in [0.15, 0.2) is 30.5 Å². The molecule has 162 valence electrons. The number of alkyl halides is 3. The highest BCUT2D eigenvalue weighted by Gasteiger charge is 2.33. The lowest BCUT2D eigenvalue weighted by Crippen LogP contribution is -2.38. The first kappa shape index (κ1) is 22.5. The number of hydrogen-bond donors (Lipinski definition) is 1. The van der Waals surface area contributed by atoms with Crippen LogP contribution in [0.2, 0.25) is 10.0 Å². The number of nitrogens with one attached hydrogen (secondary N) is 1. The number of nitrogens with zero attached hydrogens (tertiary/aromatic N) is 3. The molecule has 1 aliphatic heterocycles. The number of carbonyl (C=O) groups is 1. The van der Waals surface area contributed by atoms with Gasteiger partial charge in [0.25, 0.3) is 0 Å². The SMILES string of the molecule is CN(C)c1ccc(NC(=O)C2CCN(c3ncc(C(F)(F)F)cc3Cl)CC2)cc1Cl. The summed E-state index contributed by atoms with van der Waals surface area (Å²) in [6, 6.07) is 6.21. The van der Waals surface area contributed by atoms with Crippen LogP contribution >= 0.6 is 23.2 Å². The molecule has 0 unspecified atom stereocenters. The lowest BCUT2D eigenvalue weighted by atomic mass is 9.95. The van der Waals surface area contributed by atoms with Crippen molar-refractivity contribution in [3.63, 3.8) is 0 Å². The van der Waals surface area contributed by atoms with Crippen LogP contribution in [0.5, 0.6) is 0 Å². The Labute approximate surface area is 182 Å². The largest absolute Gasteiger partial charge is 0.417 e. The average Bonchev–Trinajstić information content (AvgIpc) is 2.67. The Kier molecular flexibility index (Phi) is 6.67. The molecule has 0 bridgehead atoms. The lowest BCUT2D eigenvalue weighted by Gasteiger charge is -2.32. The quantitative estimate of drug-likeness (QED) is 0.669. The van der Waals surface area contributed by atoms with Crippen LogP contribution in [0.4, 0.5) is 30.4 Å². The van der Waals surface area contributed by atoms with Crippen molar-refractivity contribution in [1.82, 2.24) is 4.98 Å². The molecule has 2 aromatic rings. The zero-order chi connectivity index (χ0) is 22.1. The Balaban J connectivity index is 1.60. The summed E-state index contributed by atoms with van der Waals surface area (Å²) in [7, 11) is 3.76. The van der Waals surface area contributed by atoms with Crippen LogP contribution in [0.1, 0.15) is 18.4 Å². The standard InChI is InChI=1S/C20H21Cl2F3N4O/c1-28(2)17-4-3-14(10-15(17)21)27-19(30)12-5-7-29(8-6-12)18-16(22)9-13(11-26-18)20(23,24)25/h3-4,9-12H,5-8H2,1-2H3,(H,27,30). The summed E-state index contributed by atoms with van der Waals surface area (Å²) >= 11 is 12.3. The summed E-state index contributed by atoms with van der Waals surface area (Å²) in [6.45, 7) is 0.937. The molecule has 1 N–H and O–H groups in total. The fourth-order valence-corrected chi connectivity index (χ4v) is 4.00. The summed E-state index contributed by atoms with van der Waals surface area (Å²) in [4.78, 5) is 20.2. The van der Waals surface area contributed by atoms with E-state index in [0.29, 0.717) is 42.5 Å².